The van der Waals surface area contributed by atoms with Crippen LogP contribution in [0.5, 0.6) is 5.75 Å². The number of benzene rings is 1. The highest BCUT2D eigenvalue weighted by Gasteiger charge is 2.37. The van der Waals surface area contributed by atoms with E-state index in [0.717, 1.165) is 37.6 Å². The molecular weight excluding hydrogens is 517 g/mol. The van der Waals surface area contributed by atoms with Crippen LogP contribution in [0.4, 0.5) is 0 Å². The van der Waals surface area contributed by atoms with Gasteiger partial charge in [-0.25, -0.2) is 0 Å². The van der Waals surface area contributed by atoms with Gasteiger partial charge in [-0.05, 0) is 49.2 Å². The third-order valence-electron chi connectivity index (χ3n) is 7.10. The molecule has 200 valence electrons. The molecule has 5 nitrogen and oxygen atoms in total. The first-order valence-electron chi connectivity index (χ1n) is 12.7. The maximum Gasteiger partial charge on any atom is 0.223 e. The van der Waals surface area contributed by atoms with E-state index in [-0.39, 0.29) is 23.7 Å². The molecule has 2 rings (SSSR count). The molecule has 9 heteroatoms. The van der Waals surface area contributed by atoms with Gasteiger partial charge in [0.15, 0.2) is 15.1 Å². The molecule has 1 unspecified atom stereocenters. The van der Waals surface area contributed by atoms with E-state index in [1.807, 2.05) is 11.0 Å². The van der Waals surface area contributed by atoms with Gasteiger partial charge in [-0.1, -0.05) is 63.6 Å². The number of likely N-dealkylation sites (tertiary alicyclic amines) is 1. The summed E-state index contributed by atoms with van der Waals surface area (Å²) >= 11 is 12.9. The van der Waals surface area contributed by atoms with Crippen molar-refractivity contribution in [2.45, 2.75) is 89.8 Å². The van der Waals surface area contributed by atoms with Crippen molar-refractivity contribution in [3.63, 3.8) is 0 Å². The molecule has 1 heterocycles. The Labute approximate surface area is 224 Å². The number of rotatable bonds is 13. The Morgan fingerprint density at radius 1 is 1.06 bits per heavy atom. The zero-order chi connectivity index (χ0) is 26.4. The highest BCUT2D eigenvalue weighted by Crippen LogP contribution is 2.42. The van der Waals surface area contributed by atoms with E-state index in [9.17, 15) is 4.79 Å². The average Bonchev–Trinajstić information content (AvgIpc) is 3.08. The molecule has 0 saturated carbocycles. The van der Waals surface area contributed by atoms with Crippen LogP contribution in [0.3, 0.4) is 0 Å². The molecule has 0 radical (unpaired) electrons. The van der Waals surface area contributed by atoms with Crippen LogP contribution >= 0.6 is 23.2 Å². The van der Waals surface area contributed by atoms with Gasteiger partial charge in [-0.15, -0.1) is 0 Å². The Bertz CT molecular complexity index is 853. The standard InChI is InChI=1S/C26H45Cl2NO4Si2/c1-26(2,3)35(7,8)33-14-10-9-13-29-18-20(17-23(29)30)24-22(12-11-21(27)25(24)28)32-19-31-15-16-34(4,5)6/h11-12,20H,9-10,13-19H2,1-8H3. The topological polar surface area (TPSA) is 48.0 Å². The molecule has 1 fully saturated rings. The quantitative estimate of drug-likeness (QED) is 0.140. The van der Waals surface area contributed by atoms with Crippen LogP contribution in [0.25, 0.3) is 0 Å². The minimum Gasteiger partial charge on any atom is -0.467 e. The largest absolute Gasteiger partial charge is 0.467 e. The van der Waals surface area contributed by atoms with Gasteiger partial charge in [-0.2, -0.15) is 0 Å². The predicted octanol–water partition coefficient (Wildman–Crippen LogP) is 7.80. The third kappa shape index (κ3) is 9.35. The lowest BCUT2D eigenvalue weighted by Crippen LogP contribution is -2.41. The molecule has 1 saturated heterocycles. The van der Waals surface area contributed by atoms with Crippen LogP contribution in [-0.2, 0) is 14.0 Å². The van der Waals surface area contributed by atoms with Gasteiger partial charge in [0.1, 0.15) is 5.75 Å². The fourth-order valence-electron chi connectivity index (χ4n) is 3.73. The van der Waals surface area contributed by atoms with Crippen LogP contribution in [0, 0.1) is 0 Å². The Morgan fingerprint density at radius 3 is 2.37 bits per heavy atom. The number of halogens is 2. The van der Waals surface area contributed by atoms with Crippen molar-refractivity contribution in [2.24, 2.45) is 0 Å². The zero-order valence-corrected chi connectivity index (χ0v) is 26.4. The second-order valence-corrected chi connectivity index (χ2v) is 23.5. The number of hydrogen-bond acceptors (Lipinski definition) is 4. The normalized spacial score (nSPS) is 17.4. The Balaban J connectivity index is 1.91. The lowest BCUT2D eigenvalue weighted by molar-refractivity contribution is -0.127. The monoisotopic (exact) mass is 561 g/mol. The van der Waals surface area contributed by atoms with Gasteiger partial charge >= 0.3 is 0 Å². The summed E-state index contributed by atoms with van der Waals surface area (Å²) in [4.78, 5) is 14.7. The maximum absolute atomic E-state index is 12.8. The fraction of sp³-hybridized carbons (Fsp3) is 0.731. The number of amides is 1. The van der Waals surface area contributed by atoms with Crippen LogP contribution in [0.1, 0.15) is 51.5 Å². The van der Waals surface area contributed by atoms with E-state index in [4.69, 9.17) is 37.1 Å². The summed E-state index contributed by atoms with van der Waals surface area (Å²) in [6, 6.07) is 4.65. The molecule has 1 amide bonds. The van der Waals surface area contributed by atoms with E-state index in [1.54, 1.807) is 6.07 Å². The van der Waals surface area contributed by atoms with E-state index in [1.165, 1.54) is 0 Å². The summed E-state index contributed by atoms with van der Waals surface area (Å²) in [5, 5.41) is 1.15. The summed E-state index contributed by atoms with van der Waals surface area (Å²) in [6.07, 6.45) is 2.28. The van der Waals surface area contributed by atoms with Gasteiger partial charge < -0.3 is 18.8 Å². The van der Waals surface area contributed by atoms with E-state index in [0.29, 0.717) is 35.4 Å². The van der Waals surface area contributed by atoms with E-state index in [2.05, 4.69) is 53.5 Å². The first kappa shape index (κ1) is 30.6. The Kier molecular flexibility index (Phi) is 11.2. The molecular formula is C26H45Cl2NO4Si2. The van der Waals surface area contributed by atoms with Crippen molar-refractivity contribution in [2.75, 3.05) is 33.1 Å². The SMILES string of the molecule is CC(C)(C)[Si](C)(C)OCCCCN1CC(c2c(OCOCC[Si](C)(C)C)ccc(Cl)c2Cl)CC1=O. The van der Waals surface area contributed by atoms with Crippen molar-refractivity contribution in [3.05, 3.63) is 27.7 Å². The van der Waals surface area contributed by atoms with Crippen LogP contribution < -0.4 is 4.74 Å². The summed E-state index contributed by atoms with van der Waals surface area (Å²) in [5.41, 5.74) is 0.810. The highest BCUT2D eigenvalue weighted by molar-refractivity contribution is 6.76. The lowest BCUT2D eigenvalue weighted by Gasteiger charge is -2.36. The summed E-state index contributed by atoms with van der Waals surface area (Å²) in [7, 11) is -2.88. The van der Waals surface area contributed by atoms with Gasteiger partial charge in [-0.3, -0.25) is 4.79 Å². The highest BCUT2D eigenvalue weighted by atomic mass is 35.5. The molecule has 1 aliphatic rings. The summed E-state index contributed by atoms with van der Waals surface area (Å²) < 4.78 is 17.9. The second-order valence-electron chi connectivity index (χ2n) is 12.3. The van der Waals surface area contributed by atoms with Crippen LogP contribution in [0.2, 0.25) is 53.9 Å². The third-order valence-corrected chi connectivity index (χ3v) is 14.2. The zero-order valence-electron chi connectivity index (χ0n) is 22.9. The first-order valence-corrected chi connectivity index (χ1v) is 20.1. The molecule has 1 aliphatic heterocycles. The lowest BCUT2D eigenvalue weighted by atomic mass is 9.97. The molecule has 1 aromatic carbocycles. The minimum atomic E-state index is -1.73. The van der Waals surface area contributed by atoms with Gasteiger partial charge in [0.2, 0.25) is 5.91 Å². The number of carbonyl (C=O) groups excluding carboxylic acids is 1. The summed E-state index contributed by atoms with van der Waals surface area (Å²) in [5.74, 6) is 0.748. The molecule has 1 atom stereocenters. The Hall–Kier alpha value is -0.576. The molecule has 0 aromatic heterocycles. The van der Waals surface area contributed by atoms with Crippen LogP contribution in [-0.4, -0.2) is 60.3 Å². The Morgan fingerprint density at radius 2 is 1.74 bits per heavy atom. The molecule has 0 bridgehead atoms. The number of hydrogen-bond donors (Lipinski definition) is 0. The van der Waals surface area contributed by atoms with Crippen molar-refractivity contribution in [3.8, 4) is 5.75 Å². The van der Waals surface area contributed by atoms with Crippen molar-refractivity contribution in [1.82, 2.24) is 4.90 Å². The second kappa shape index (κ2) is 12.8. The molecule has 35 heavy (non-hydrogen) atoms. The number of unbranched alkanes of at least 4 members (excludes halogenated alkanes) is 1. The van der Waals surface area contributed by atoms with Crippen molar-refractivity contribution in [1.29, 1.82) is 0 Å². The molecule has 1 aromatic rings. The average molecular weight is 563 g/mol. The number of ether oxygens (including phenoxy) is 2. The first-order chi connectivity index (χ1) is 16.1. The predicted molar refractivity (Wildman–Crippen MR) is 152 cm³/mol. The van der Waals surface area contributed by atoms with Gasteiger partial charge in [0.25, 0.3) is 0 Å². The molecule has 0 N–H and O–H groups in total. The van der Waals surface area contributed by atoms with E-state index < -0.39 is 16.4 Å². The van der Waals surface area contributed by atoms with Crippen molar-refractivity contribution >= 4 is 45.5 Å². The van der Waals surface area contributed by atoms with Crippen molar-refractivity contribution < 1.29 is 18.7 Å². The smallest absolute Gasteiger partial charge is 0.223 e. The molecule has 0 spiro atoms. The minimum absolute atomic E-state index is 0.0471. The van der Waals surface area contributed by atoms with E-state index >= 15 is 0 Å². The van der Waals surface area contributed by atoms with Crippen LogP contribution in [0.15, 0.2) is 12.1 Å². The molecule has 0 aliphatic carbocycles. The number of carbonyl (C=O) groups is 1. The van der Waals surface area contributed by atoms with Gasteiger partial charge in [0, 0.05) is 52.3 Å². The maximum atomic E-state index is 12.8. The number of nitrogens with zero attached hydrogens (tertiary/aromatic N) is 1. The fourth-order valence-corrected chi connectivity index (χ4v) is 6.05. The summed E-state index contributed by atoms with van der Waals surface area (Å²) in [6.45, 7) is 21.2. The van der Waals surface area contributed by atoms with Gasteiger partial charge in [0.05, 0.1) is 10.0 Å².